The molecule has 0 aliphatic carbocycles. The fourth-order valence-corrected chi connectivity index (χ4v) is 10.8. The third-order valence-corrected chi connectivity index (χ3v) is 14.1. The zero-order valence-corrected chi connectivity index (χ0v) is 38.9. The number of aryl methyl sites for hydroxylation is 3. The molecule has 0 fully saturated rings. The average Bonchev–Trinajstić information content (AvgIpc) is 3.81. The molecular weight excluding hydrogens is 791 g/mol. The van der Waals surface area contributed by atoms with Crippen molar-refractivity contribution in [3.63, 3.8) is 0 Å². The van der Waals surface area contributed by atoms with Gasteiger partial charge < -0.3 is 4.74 Å². The minimum Gasteiger partial charge on any atom is -0.392 e. The van der Waals surface area contributed by atoms with Gasteiger partial charge in [-0.15, -0.1) is 9.13 Å². The number of nitrogens with zero attached hydrogens (tertiary/aromatic N) is 3. The topological polar surface area (TPSA) is 21.9 Å². The second-order valence-corrected chi connectivity index (χ2v) is 20.6. The Bertz CT molecular complexity index is 3710. The van der Waals surface area contributed by atoms with Crippen LogP contribution in [0.2, 0.25) is 0 Å². The highest BCUT2D eigenvalue weighted by atomic mass is 16.5. The van der Waals surface area contributed by atoms with E-state index in [4.69, 9.17) is 10.2 Å². The predicted molar refractivity (Wildman–Crippen MR) is 266 cm³/mol. The van der Waals surface area contributed by atoms with E-state index in [9.17, 15) is 0 Å². The van der Waals surface area contributed by atoms with Crippen LogP contribution in [0.25, 0.3) is 83.9 Å². The van der Waals surface area contributed by atoms with Gasteiger partial charge in [-0.1, -0.05) is 138 Å². The van der Waals surface area contributed by atoms with Crippen molar-refractivity contribution in [2.24, 2.45) is 0 Å². The Morgan fingerprint density at radius 3 is 1.97 bits per heavy atom. The summed E-state index contributed by atoms with van der Waals surface area (Å²) in [7, 11) is 0. The third-order valence-electron chi connectivity index (χ3n) is 14.1. The van der Waals surface area contributed by atoms with Crippen molar-refractivity contribution < 1.29 is 19.4 Å². The molecule has 0 radical (unpaired) electrons. The highest BCUT2D eigenvalue weighted by Crippen LogP contribution is 2.55. The van der Waals surface area contributed by atoms with Crippen LogP contribution in [0.3, 0.4) is 0 Å². The summed E-state index contributed by atoms with van der Waals surface area (Å²) in [5, 5.41) is 0. The molecule has 2 aromatic heterocycles. The summed E-state index contributed by atoms with van der Waals surface area (Å²) in [5.74, 6) is 0.567. The van der Waals surface area contributed by atoms with E-state index >= 15 is 0 Å². The maximum atomic E-state index is 9.14. The normalized spacial score (nSPS) is 16.3. The van der Waals surface area contributed by atoms with E-state index in [0.29, 0.717) is 11.1 Å². The lowest BCUT2D eigenvalue weighted by Gasteiger charge is -2.33. The fourth-order valence-electron chi connectivity index (χ4n) is 10.8. The Hall–Kier alpha value is -7.04. The number of para-hydroxylation sites is 1. The number of benzene rings is 7. The minimum absolute atomic E-state index is 0.000826. The summed E-state index contributed by atoms with van der Waals surface area (Å²) in [6.07, 6.45) is 2.04. The van der Waals surface area contributed by atoms with Crippen LogP contribution < -0.4 is 13.9 Å². The quantitative estimate of drug-likeness (QED) is 0.162. The van der Waals surface area contributed by atoms with Gasteiger partial charge >= 0.3 is 11.7 Å². The molecule has 0 saturated carbocycles. The minimum atomic E-state index is -1.24. The molecule has 12 rings (SSSR count). The number of aromatic nitrogens is 3. The van der Waals surface area contributed by atoms with Gasteiger partial charge in [0.25, 0.3) is 0 Å². The summed E-state index contributed by atoms with van der Waals surface area (Å²) in [5.41, 5.74) is 20.7. The second-order valence-electron chi connectivity index (χ2n) is 20.6. The van der Waals surface area contributed by atoms with Gasteiger partial charge in [0, 0.05) is 28.8 Å². The lowest BCUT2D eigenvalue weighted by molar-refractivity contribution is -0.997. The fraction of sp³-hybridized carbons (Fsp3) is 0.213. The first kappa shape index (κ1) is 35.3. The van der Waals surface area contributed by atoms with Crippen molar-refractivity contribution in [3.05, 3.63) is 191 Å². The highest BCUT2D eigenvalue weighted by Gasteiger charge is 2.69. The van der Waals surface area contributed by atoms with Gasteiger partial charge in [-0.3, -0.25) is 0 Å². The summed E-state index contributed by atoms with van der Waals surface area (Å²) in [6.45, 7) is 21.7. The van der Waals surface area contributed by atoms with E-state index in [1.807, 2.05) is 12.3 Å². The van der Waals surface area contributed by atoms with Crippen molar-refractivity contribution in [3.8, 4) is 78.6 Å². The van der Waals surface area contributed by atoms with E-state index < -0.39 is 5.85 Å². The Morgan fingerprint density at radius 2 is 1.25 bits per heavy atom. The van der Waals surface area contributed by atoms with Gasteiger partial charge in [0.2, 0.25) is 5.69 Å². The third kappa shape index (κ3) is 5.62. The van der Waals surface area contributed by atoms with Crippen LogP contribution in [0.4, 0.5) is 0 Å². The standard InChI is InChI=1S/C61H55N3O/c1-36-19-21-40(22-20-36)43-27-28-62-53(32-43)50-34-45(60(8,9)10)33-49-46-17-14-18-52-56(46)64-58(51-30-37(2)29-39(4)57(51)65-61(62,64)55(49)50)63(52)54-35-47(41-15-12-11-13-16-41)38(3)31-48(54)42-23-25-44(26-24-42)59(5,6)7/h11-35H,1-10H3/q+2/i19D,20D,21D,22D. The molecular formula is C61H55N3O+2. The number of hydrogen-bond donors (Lipinski definition) is 0. The van der Waals surface area contributed by atoms with Gasteiger partial charge in [0.1, 0.15) is 16.8 Å². The molecule has 0 bridgehead atoms. The molecule has 1 atom stereocenters. The zero-order valence-electron chi connectivity index (χ0n) is 42.9. The first-order valence-electron chi connectivity index (χ1n) is 24.8. The molecule has 0 amide bonds. The van der Waals surface area contributed by atoms with Crippen LogP contribution in [0, 0.1) is 27.7 Å². The Balaban J connectivity index is 1.26. The van der Waals surface area contributed by atoms with Crippen molar-refractivity contribution in [1.82, 2.24) is 4.57 Å². The van der Waals surface area contributed by atoms with Crippen molar-refractivity contribution in [2.75, 3.05) is 0 Å². The monoisotopic (exact) mass is 849 g/mol. The zero-order chi connectivity index (χ0) is 48.4. The van der Waals surface area contributed by atoms with Crippen LogP contribution in [0.1, 0.15) is 86.0 Å². The van der Waals surface area contributed by atoms with E-state index in [1.54, 1.807) is 6.92 Å². The molecule has 1 unspecified atom stereocenters. The number of imidazole rings is 1. The van der Waals surface area contributed by atoms with Crippen LogP contribution >= 0.6 is 0 Å². The maximum absolute atomic E-state index is 9.14. The first-order valence-corrected chi connectivity index (χ1v) is 22.8. The van der Waals surface area contributed by atoms with Gasteiger partial charge in [-0.05, 0) is 137 Å². The molecule has 3 aliphatic rings. The SMILES string of the molecule is [2H]c1c([2H])c(-c2cc[n+]3c(c2)-c2cc(C(C)(C)C)cc4c2C32Oc3c(C)cc(C)cc3-c3n(-c5cc(-c6ccccc6)c(C)cc5-c5ccc(C(C)(C)C)cc5)c5cccc-4c5[n+]32)c([2H])c([2H])c1C. The first-order chi connectivity index (χ1) is 32.8. The number of rotatable bonds is 4. The molecule has 0 saturated heterocycles. The number of fused-ring (bicyclic) bond motifs is 5. The van der Waals surface area contributed by atoms with E-state index in [-0.39, 0.29) is 40.6 Å². The Labute approximate surface area is 388 Å². The second kappa shape index (κ2) is 13.5. The van der Waals surface area contributed by atoms with Gasteiger partial charge in [0.05, 0.1) is 11.0 Å². The van der Waals surface area contributed by atoms with Crippen LogP contribution in [-0.4, -0.2) is 4.57 Å². The van der Waals surface area contributed by atoms with Crippen LogP contribution in [0.15, 0.2) is 152 Å². The molecule has 5 heterocycles. The maximum Gasteiger partial charge on any atom is 0.499 e. The summed E-state index contributed by atoms with van der Waals surface area (Å²) in [6, 6.07) is 44.3. The average molecular weight is 850 g/mol. The summed E-state index contributed by atoms with van der Waals surface area (Å²) in [4.78, 5) is 0. The molecule has 7 aromatic carbocycles. The van der Waals surface area contributed by atoms with Gasteiger partial charge in [-0.2, -0.15) is 4.57 Å². The van der Waals surface area contributed by atoms with Gasteiger partial charge in [-0.25, -0.2) is 0 Å². The largest absolute Gasteiger partial charge is 0.499 e. The van der Waals surface area contributed by atoms with Crippen molar-refractivity contribution in [2.45, 2.75) is 85.9 Å². The van der Waals surface area contributed by atoms with E-state index in [0.717, 1.165) is 95.2 Å². The van der Waals surface area contributed by atoms with Gasteiger partial charge in [0.15, 0.2) is 23.0 Å². The number of hydrogen-bond acceptors (Lipinski definition) is 1. The molecule has 4 heteroatoms. The summed E-state index contributed by atoms with van der Waals surface area (Å²) >= 11 is 0. The van der Waals surface area contributed by atoms with Crippen molar-refractivity contribution >= 4 is 11.0 Å². The Morgan fingerprint density at radius 1 is 0.538 bits per heavy atom. The smallest absolute Gasteiger partial charge is 0.392 e. The van der Waals surface area contributed by atoms with Crippen LogP contribution in [-0.2, 0) is 16.7 Å². The molecule has 4 nitrogen and oxygen atoms in total. The molecule has 1 spiro atoms. The van der Waals surface area contributed by atoms with E-state index in [2.05, 4.69) is 191 Å². The molecule has 3 aliphatic heterocycles. The number of pyridine rings is 1. The molecule has 0 N–H and O–H groups in total. The lowest BCUT2D eigenvalue weighted by atomic mass is 9.80. The lowest BCUT2D eigenvalue weighted by Crippen LogP contribution is -2.78. The Kier molecular flexibility index (Phi) is 7.34. The number of ether oxygens (including phenoxy) is 1. The van der Waals surface area contributed by atoms with E-state index in [1.165, 1.54) is 16.7 Å². The highest BCUT2D eigenvalue weighted by molar-refractivity contribution is 5.99. The summed E-state index contributed by atoms with van der Waals surface area (Å²) < 4.78 is 51.0. The predicted octanol–water partition coefficient (Wildman–Crippen LogP) is 14.3. The molecule has 318 valence electrons. The molecule has 65 heavy (non-hydrogen) atoms. The molecule has 9 aromatic rings. The van der Waals surface area contributed by atoms with Crippen molar-refractivity contribution in [1.29, 1.82) is 0 Å². The van der Waals surface area contributed by atoms with Crippen LogP contribution in [0.5, 0.6) is 5.75 Å².